The molecule has 1 heterocycles. The maximum atomic E-state index is 12.4. The number of nitrogens with zero attached hydrogens (tertiary/aromatic N) is 3. The van der Waals surface area contributed by atoms with E-state index in [1.165, 1.54) is 11.3 Å². The number of carbonyl (C=O) groups is 1. The molecule has 1 saturated heterocycles. The highest BCUT2D eigenvalue weighted by molar-refractivity contribution is 5.97. The van der Waals surface area contributed by atoms with E-state index in [0.717, 1.165) is 37.5 Å². The molecule has 1 fully saturated rings. The molecule has 2 aromatic carbocycles. The number of nitriles is 1. The Kier molecular flexibility index (Phi) is 7.34. The molecule has 0 atom stereocenters. The molecule has 6 nitrogen and oxygen atoms in total. The van der Waals surface area contributed by atoms with E-state index in [2.05, 4.69) is 41.4 Å². The van der Waals surface area contributed by atoms with E-state index in [1.807, 2.05) is 35.2 Å². The quantitative estimate of drug-likeness (QED) is 0.568. The molecule has 0 saturated carbocycles. The molecule has 0 aliphatic carbocycles. The number of amides is 1. The van der Waals surface area contributed by atoms with Crippen LogP contribution >= 0.6 is 0 Å². The predicted octanol–water partition coefficient (Wildman–Crippen LogP) is 2.89. The minimum Gasteiger partial charge on any atom is -0.497 e. The zero-order valence-electron chi connectivity index (χ0n) is 17.6. The molecule has 0 spiro atoms. The van der Waals surface area contributed by atoms with E-state index >= 15 is 0 Å². The maximum absolute atomic E-state index is 12.4. The lowest BCUT2D eigenvalue weighted by Gasteiger charge is -2.35. The van der Waals surface area contributed by atoms with E-state index < -0.39 is 0 Å². The maximum Gasteiger partial charge on any atom is 0.263 e. The standard InChI is InChI=1S/C24H28N4O2/c1-19-4-3-5-22(16-19)28-14-12-27(13-15-28)18-21(17-25)24(29)26-11-10-20-6-8-23(30-2)9-7-20/h3-9,16,18H,10-15H2,1-2H3,(H,26,29)/b21-18-. The van der Waals surface area contributed by atoms with Crippen LogP contribution in [-0.4, -0.2) is 50.6 Å². The average molecular weight is 405 g/mol. The number of nitrogens with one attached hydrogen (secondary N) is 1. The Balaban J connectivity index is 1.48. The van der Waals surface area contributed by atoms with E-state index in [0.29, 0.717) is 13.0 Å². The van der Waals surface area contributed by atoms with Crippen molar-refractivity contribution in [3.63, 3.8) is 0 Å². The van der Waals surface area contributed by atoms with Crippen molar-refractivity contribution in [3.05, 3.63) is 71.4 Å². The van der Waals surface area contributed by atoms with E-state index in [-0.39, 0.29) is 11.5 Å². The third-order valence-corrected chi connectivity index (χ3v) is 5.22. The van der Waals surface area contributed by atoms with Crippen molar-refractivity contribution in [1.29, 1.82) is 5.26 Å². The minimum atomic E-state index is -0.327. The summed E-state index contributed by atoms with van der Waals surface area (Å²) in [4.78, 5) is 16.8. The first kappa shape index (κ1) is 21.3. The third kappa shape index (κ3) is 5.77. The van der Waals surface area contributed by atoms with Crippen LogP contribution in [-0.2, 0) is 11.2 Å². The van der Waals surface area contributed by atoms with Crippen LogP contribution in [0.15, 0.2) is 60.3 Å². The van der Waals surface area contributed by atoms with Crippen LogP contribution in [0.1, 0.15) is 11.1 Å². The van der Waals surface area contributed by atoms with Crippen molar-refractivity contribution in [2.75, 3.05) is 44.7 Å². The van der Waals surface area contributed by atoms with Gasteiger partial charge < -0.3 is 19.9 Å². The van der Waals surface area contributed by atoms with Crippen LogP contribution in [0.2, 0.25) is 0 Å². The Morgan fingerprint density at radius 2 is 1.90 bits per heavy atom. The van der Waals surface area contributed by atoms with E-state index in [1.54, 1.807) is 13.3 Å². The summed E-state index contributed by atoms with van der Waals surface area (Å²) in [5.41, 5.74) is 3.71. The lowest BCUT2D eigenvalue weighted by atomic mass is 10.1. The largest absolute Gasteiger partial charge is 0.497 e. The first-order valence-corrected chi connectivity index (χ1v) is 10.2. The second-order valence-corrected chi connectivity index (χ2v) is 7.37. The van der Waals surface area contributed by atoms with Gasteiger partial charge in [0.25, 0.3) is 5.91 Å². The van der Waals surface area contributed by atoms with Crippen molar-refractivity contribution < 1.29 is 9.53 Å². The number of aryl methyl sites for hydroxylation is 1. The highest BCUT2D eigenvalue weighted by Gasteiger charge is 2.17. The van der Waals surface area contributed by atoms with Gasteiger partial charge in [-0.3, -0.25) is 4.79 Å². The van der Waals surface area contributed by atoms with Gasteiger partial charge in [-0.25, -0.2) is 0 Å². The molecule has 1 N–H and O–H groups in total. The monoisotopic (exact) mass is 404 g/mol. The molecule has 1 amide bonds. The van der Waals surface area contributed by atoms with Crippen LogP contribution in [0.25, 0.3) is 0 Å². The predicted molar refractivity (Wildman–Crippen MR) is 118 cm³/mol. The second kappa shape index (κ2) is 10.4. The van der Waals surface area contributed by atoms with Gasteiger partial charge in [-0.05, 0) is 48.7 Å². The summed E-state index contributed by atoms with van der Waals surface area (Å²) in [5, 5.41) is 12.3. The Labute approximate surface area is 178 Å². The van der Waals surface area contributed by atoms with Gasteiger partial charge in [0.05, 0.1) is 7.11 Å². The molecule has 156 valence electrons. The second-order valence-electron chi connectivity index (χ2n) is 7.37. The van der Waals surface area contributed by atoms with Crippen molar-refractivity contribution in [2.24, 2.45) is 0 Å². The Morgan fingerprint density at radius 3 is 2.53 bits per heavy atom. The van der Waals surface area contributed by atoms with E-state index in [4.69, 9.17) is 4.74 Å². The number of rotatable bonds is 7. The van der Waals surface area contributed by atoms with Crippen LogP contribution in [0.4, 0.5) is 5.69 Å². The van der Waals surface area contributed by atoms with Gasteiger partial charge >= 0.3 is 0 Å². The van der Waals surface area contributed by atoms with Crippen molar-refractivity contribution in [3.8, 4) is 11.8 Å². The van der Waals surface area contributed by atoms with Crippen LogP contribution in [0.5, 0.6) is 5.75 Å². The molecular weight excluding hydrogens is 376 g/mol. The van der Waals surface area contributed by atoms with Gasteiger partial charge in [-0.1, -0.05) is 24.3 Å². The number of hydrogen-bond acceptors (Lipinski definition) is 5. The lowest BCUT2D eigenvalue weighted by molar-refractivity contribution is -0.117. The fraction of sp³-hybridized carbons (Fsp3) is 0.333. The van der Waals surface area contributed by atoms with Gasteiger partial charge in [-0.15, -0.1) is 0 Å². The Hall–Kier alpha value is -3.46. The highest BCUT2D eigenvalue weighted by atomic mass is 16.5. The molecule has 0 aromatic heterocycles. The van der Waals surface area contributed by atoms with Crippen LogP contribution in [0.3, 0.4) is 0 Å². The minimum absolute atomic E-state index is 0.147. The zero-order chi connectivity index (χ0) is 21.3. The molecule has 1 aliphatic heterocycles. The van der Waals surface area contributed by atoms with Gasteiger partial charge in [0.15, 0.2) is 0 Å². The first-order valence-electron chi connectivity index (χ1n) is 10.2. The highest BCUT2D eigenvalue weighted by Crippen LogP contribution is 2.18. The number of ether oxygens (including phenoxy) is 1. The smallest absolute Gasteiger partial charge is 0.263 e. The number of piperazine rings is 1. The summed E-state index contributed by atoms with van der Waals surface area (Å²) < 4.78 is 5.15. The fourth-order valence-corrected chi connectivity index (χ4v) is 3.46. The van der Waals surface area contributed by atoms with Crippen molar-refractivity contribution >= 4 is 11.6 Å². The lowest BCUT2D eigenvalue weighted by Crippen LogP contribution is -2.44. The number of hydrogen-bond donors (Lipinski definition) is 1. The molecule has 2 aromatic rings. The molecule has 0 bridgehead atoms. The number of anilines is 1. The average Bonchev–Trinajstić information content (AvgIpc) is 2.78. The number of methoxy groups -OCH3 is 1. The molecule has 6 heteroatoms. The first-order chi connectivity index (χ1) is 14.6. The Morgan fingerprint density at radius 1 is 1.17 bits per heavy atom. The fourth-order valence-electron chi connectivity index (χ4n) is 3.46. The summed E-state index contributed by atoms with van der Waals surface area (Å²) in [7, 11) is 1.63. The van der Waals surface area contributed by atoms with Gasteiger partial charge in [-0.2, -0.15) is 5.26 Å². The Bertz CT molecular complexity index is 923. The summed E-state index contributed by atoms with van der Waals surface area (Å²) in [6.45, 7) is 5.84. The molecule has 0 radical (unpaired) electrons. The third-order valence-electron chi connectivity index (χ3n) is 5.22. The van der Waals surface area contributed by atoms with Crippen LogP contribution < -0.4 is 15.0 Å². The number of benzene rings is 2. The van der Waals surface area contributed by atoms with Crippen molar-refractivity contribution in [2.45, 2.75) is 13.3 Å². The molecule has 3 rings (SSSR count). The summed E-state index contributed by atoms with van der Waals surface area (Å²) in [5.74, 6) is 0.479. The SMILES string of the molecule is COc1ccc(CCNC(=O)/C(C#N)=C\N2CCN(c3cccc(C)c3)CC2)cc1. The number of carbonyl (C=O) groups excluding carboxylic acids is 1. The zero-order valence-corrected chi connectivity index (χ0v) is 17.6. The molecule has 0 unspecified atom stereocenters. The van der Waals surface area contributed by atoms with Gasteiger partial charge in [0.1, 0.15) is 17.4 Å². The van der Waals surface area contributed by atoms with Gasteiger partial charge in [0, 0.05) is 44.6 Å². The molecular formula is C24H28N4O2. The molecule has 30 heavy (non-hydrogen) atoms. The molecule has 1 aliphatic rings. The topological polar surface area (TPSA) is 68.6 Å². The summed E-state index contributed by atoms with van der Waals surface area (Å²) >= 11 is 0. The van der Waals surface area contributed by atoms with Gasteiger partial charge in [0.2, 0.25) is 0 Å². The normalized spacial score (nSPS) is 14.2. The summed E-state index contributed by atoms with van der Waals surface area (Å²) in [6.07, 6.45) is 2.39. The van der Waals surface area contributed by atoms with Crippen LogP contribution in [0, 0.1) is 18.3 Å². The van der Waals surface area contributed by atoms with Crippen molar-refractivity contribution in [1.82, 2.24) is 10.2 Å². The summed E-state index contributed by atoms with van der Waals surface area (Å²) in [6, 6.07) is 18.2. The van der Waals surface area contributed by atoms with E-state index in [9.17, 15) is 10.1 Å².